The summed E-state index contributed by atoms with van der Waals surface area (Å²) in [5, 5.41) is 2.86. The monoisotopic (exact) mass is 404 g/mol. The number of hydrogen-bond acceptors (Lipinski definition) is 4. The predicted molar refractivity (Wildman–Crippen MR) is 103 cm³/mol. The third-order valence-electron chi connectivity index (χ3n) is 3.77. The molecule has 27 heavy (non-hydrogen) atoms. The van der Waals surface area contributed by atoms with Crippen LogP contribution >= 0.6 is 23.2 Å². The maximum absolute atomic E-state index is 12.8. The van der Waals surface area contributed by atoms with Crippen molar-refractivity contribution >= 4 is 52.8 Å². The second-order valence-corrected chi connectivity index (χ2v) is 6.39. The van der Waals surface area contributed by atoms with Crippen molar-refractivity contribution in [1.82, 2.24) is 5.32 Å². The van der Waals surface area contributed by atoms with E-state index in [1.807, 2.05) is 6.92 Å². The Balaban J connectivity index is 1.97. The van der Waals surface area contributed by atoms with Gasteiger partial charge in [-0.3, -0.25) is 14.9 Å². The molecule has 4 amide bonds. The quantitative estimate of drug-likeness (QED) is 0.615. The van der Waals surface area contributed by atoms with Gasteiger partial charge in [0.15, 0.2) is 0 Å². The molecule has 0 saturated carbocycles. The summed E-state index contributed by atoms with van der Waals surface area (Å²) >= 11 is 12.0. The number of imide groups is 2. The van der Waals surface area contributed by atoms with Gasteiger partial charge in [-0.05, 0) is 55.0 Å². The molecule has 1 N–H and O–H groups in total. The van der Waals surface area contributed by atoms with Gasteiger partial charge in [-0.25, -0.2) is 9.69 Å². The van der Waals surface area contributed by atoms with Crippen LogP contribution in [0.1, 0.15) is 12.5 Å². The molecular formula is C19H14Cl2N2O4. The van der Waals surface area contributed by atoms with E-state index in [-0.39, 0.29) is 10.6 Å². The van der Waals surface area contributed by atoms with Crippen LogP contribution < -0.4 is 15.0 Å². The Morgan fingerprint density at radius 3 is 2.41 bits per heavy atom. The first-order valence-electron chi connectivity index (χ1n) is 8.00. The van der Waals surface area contributed by atoms with Crippen molar-refractivity contribution in [3.05, 3.63) is 63.6 Å². The SMILES string of the molecule is CCOc1ccc(N2C(=O)NC(=O)/C(=C\c3ccc(Cl)cc3Cl)C2=O)cc1. The standard InChI is InChI=1S/C19H14Cl2N2O4/c1-2-27-14-7-5-13(6-8-14)23-18(25)15(17(24)22-19(23)26)9-11-3-4-12(20)10-16(11)21/h3-10H,2H2,1H3,(H,22,24,26)/b15-9+. The van der Waals surface area contributed by atoms with Crippen molar-refractivity contribution in [2.45, 2.75) is 6.92 Å². The Bertz CT molecular complexity index is 955. The molecule has 6 nitrogen and oxygen atoms in total. The summed E-state index contributed by atoms with van der Waals surface area (Å²) in [4.78, 5) is 38.1. The van der Waals surface area contributed by atoms with Gasteiger partial charge in [-0.1, -0.05) is 29.3 Å². The van der Waals surface area contributed by atoms with Crippen molar-refractivity contribution in [2.24, 2.45) is 0 Å². The number of nitrogens with one attached hydrogen (secondary N) is 1. The first-order chi connectivity index (χ1) is 12.9. The van der Waals surface area contributed by atoms with E-state index in [4.69, 9.17) is 27.9 Å². The average Bonchev–Trinajstić information content (AvgIpc) is 2.61. The van der Waals surface area contributed by atoms with Gasteiger partial charge in [0.05, 0.1) is 12.3 Å². The summed E-state index contributed by atoms with van der Waals surface area (Å²) < 4.78 is 5.35. The van der Waals surface area contributed by atoms with Crippen LogP contribution in [0.25, 0.3) is 6.08 Å². The lowest BCUT2D eigenvalue weighted by Gasteiger charge is -2.26. The molecule has 0 atom stereocenters. The van der Waals surface area contributed by atoms with Crippen molar-refractivity contribution in [3.63, 3.8) is 0 Å². The summed E-state index contributed by atoms with van der Waals surface area (Å²) in [6, 6.07) is 10.2. The molecule has 2 aromatic rings. The summed E-state index contributed by atoms with van der Waals surface area (Å²) in [7, 11) is 0. The number of barbiturate groups is 1. The topological polar surface area (TPSA) is 75.7 Å². The maximum Gasteiger partial charge on any atom is 0.335 e. The van der Waals surface area contributed by atoms with Crippen molar-refractivity contribution in [2.75, 3.05) is 11.5 Å². The largest absolute Gasteiger partial charge is 0.494 e. The fourth-order valence-electron chi connectivity index (χ4n) is 2.52. The molecule has 0 radical (unpaired) electrons. The van der Waals surface area contributed by atoms with Crippen LogP contribution in [0, 0.1) is 0 Å². The van der Waals surface area contributed by atoms with Gasteiger partial charge in [-0.15, -0.1) is 0 Å². The van der Waals surface area contributed by atoms with Crippen LogP contribution in [0.3, 0.4) is 0 Å². The third-order valence-corrected chi connectivity index (χ3v) is 4.33. The van der Waals surface area contributed by atoms with E-state index in [0.717, 1.165) is 4.90 Å². The highest BCUT2D eigenvalue weighted by molar-refractivity contribution is 6.40. The normalized spacial score (nSPS) is 15.9. The van der Waals surface area contributed by atoms with Crippen LogP contribution in [0.15, 0.2) is 48.0 Å². The van der Waals surface area contributed by atoms with Crippen LogP contribution in [0.2, 0.25) is 10.0 Å². The molecule has 0 aromatic heterocycles. The Morgan fingerprint density at radius 1 is 1.07 bits per heavy atom. The van der Waals surface area contributed by atoms with E-state index >= 15 is 0 Å². The van der Waals surface area contributed by atoms with Crippen molar-refractivity contribution in [3.8, 4) is 5.75 Å². The van der Waals surface area contributed by atoms with Gasteiger partial charge in [0.1, 0.15) is 11.3 Å². The second-order valence-electron chi connectivity index (χ2n) is 5.55. The van der Waals surface area contributed by atoms with Gasteiger partial charge < -0.3 is 4.74 Å². The zero-order valence-corrected chi connectivity index (χ0v) is 15.7. The number of benzene rings is 2. The van der Waals surface area contributed by atoms with Gasteiger partial charge in [0, 0.05) is 10.0 Å². The highest BCUT2D eigenvalue weighted by atomic mass is 35.5. The molecule has 1 saturated heterocycles. The molecule has 2 aromatic carbocycles. The molecular weight excluding hydrogens is 391 g/mol. The Morgan fingerprint density at radius 2 is 1.78 bits per heavy atom. The zero-order chi connectivity index (χ0) is 19.6. The number of anilines is 1. The minimum absolute atomic E-state index is 0.215. The molecule has 0 bridgehead atoms. The maximum atomic E-state index is 12.8. The molecule has 8 heteroatoms. The third kappa shape index (κ3) is 3.97. The number of amides is 4. The Hall–Kier alpha value is -2.83. The molecule has 0 aliphatic carbocycles. The van der Waals surface area contributed by atoms with Crippen LogP contribution in [0.4, 0.5) is 10.5 Å². The fourth-order valence-corrected chi connectivity index (χ4v) is 2.99. The van der Waals surface area contributed by atoms with E-state index in [1.54, 1.807) is 36.4 Å². The van der Waals surface area contributed by atoms with Crippen molar-refractivity contribution in [1.29, 1.82) is 0 Å². The zero-order valence-electron chi connectivity index (χ0n) is 14.2. The molecule has 1 aliphatic rings. The number of rotatable bonds is 4. The van der Waals surface area contributed by atoms with E-state index in [1.165, 1.54) is 12.1 Å². The van der Waals surface area contributed by atoms with Gasteiger partial charge in [0.2, 0.25) is 0 Å². The fraction of sp³-hybridized carbons (Fsp3) is 0.105. The minimum atomic E-state index is -0.825. The van der Waals surface area contributed by atoms with E-state index in [0.29, 0.717) is 28.6 Å². The van der Waals surface area contributed by atoms with Gasteiger partial charge in [0.25, 0.3) is 11.8 Å². The molecule has 3 rings (SSSR count). The summed E-state index contributed by atoms with van der Waals surface area (Å²) in [5.74, 6) is -0.942. The van der Waals surface area contributed by atoms with Gasteiger partial charge >= 0.3 is 6.03 Å². The van der Waals surface area contributed by atoms with E-state index in [2.05, 4.69) is 5.32 Å². The second kappa shape index (κ2) is 7.82. The molecule has 1 fully saturated rings. The number of carbonyl (C=O) groups is 3. The highest BCUT2D eigenvalue weighted by Gasteiger charge is 2.36. The number of ether oxygens (including phenoxy) is 1. The Kier molecular flexibility index (Phi) is 5.48. The highest BCUT2D eigenvalue weighted by Crippen LogP contribution is 2.27. The smallest absolute Gasteiger partial charge is 0.335 e. The summed E-state index contributed by atoms with van der Waals surface area (Å²) in [6.45, 7) is 2.34. The molecule has 0 spiro atoms. The molecule has 1 heterocycles. The lowest BCUT2D eigenvalue weighted by atomic mass is 10.1. The van der Waals surface area contributed by atoms with Gasteiger partial charge in [-0.2, -0.15) is 0 Å². The Labute approximate surface area is 165 Å². The minimum Gasteiger partial charge on any atom is -0.494 e. The lowest BCUT2D eigenvalue weighted by molar-refractivity contribution is -0.122. The first kappa shape index (κ1) is 18.9. The number of nitrogens with zero attached hydrogens (tertiary/aromatic N) is 1. The van der Waals surface area contributed by atoms with E-state index in [9.17, 15) is 14.4 Å². The summed E-state index contributed by atoms with van der Waals surface area (Å²) in [6.07, 6.45) is 1.32. The molecule has 0 unspecified atom stereocenters. The van der Waals surface area contributed by atoms with Crippen LogP contribution in [0.5, 0.6) is 5.75 Å². The molecule has 138 valence electrons. The average molecular weight is 405 g/mol. The number of halogens is 2. The van der Waals surface area contributed by atoms with Crippen molar-refractivity contribution < 1.29 is 19.1 Å². The van der Waals surface area contributed by atoms with E-state index < -0.39 is 17.8 Å². The first-order valence-corrected chi connectivity index (χ1v) is 8.75. The lowest BCUT2D eigenvalue weighted by Crippen LogP contribution is -2.54. The number of urea groups is 1. The number of carbonyl (C=O) groups excluding carboxylic acids is 3. The predicted octanol–water partition coefficient (Wildman–Crippen LogP) is 4.06. The number of hydrogen-bond donors (Lipinski definition) is 1. The molecule has 1 aliphatic heterocycles. The van der Waals surface area contributed by atoms with Crippen LogP contribution in [-0.4, -0.2) is 24.5 Å². The summed E-state index contributed by atoms with van der Waals surface area (Å²) in [5.41, 5.74) is 0.523. The van der Waals surface area contributed by atoms with Crippen LogP contribution in [-0.2, 0) is 9.59 Å².